The van der Waals surface area contributed by atoms with E-state index in [1.807, 2.05) is 37.2 Å². The summed E-state index contributed by atoms with van der Waals surface area (Å²) in [5, 5.41) is 9.90. The van der Waals surface area contributed by atoms with Gasteiger partial charge in [0, 0.05) is 51.7 Å². The SMILES string of the molecule is CN(C)CC(O)COc1ccc(CN2CCCN(c3ncccn3)CC2)cc1. The summed E-state index contributed by atoms with van der Waals surface area (Å²) in [4.78, 5) is 15.4. The van der Waals surface area contributed by atoms with Crippen LogP contribution >= 0.6 is 0 Å². The first-order valence-electron chi connectivity index (χ1n) is 9.89. The second-order valence-corrected chi connectivity index (χ2v) is 7.54. The Morgan fingerprint density at radius 2 is 1.82 bits per heavy atom. The summed E-state index contributed by atoms with van der Waals surface area (Å²) in [6.07, 6.45) is 4.22. The van der Waals surface area contributed by atoms with E-state index in [2.05, 4.69) is 31.9 Å². The highest BCUT2D eigenvalue weighted by molar-refractivity contribution is 5.29. The highest BCUT2D eigenvalue weighted by atomic mass is 16.5. The van der Waals surface area contributed by atoms with Crippen molar-refractivity contribution < 1.29 is 9.84 Å². The minimum Gasteiger partial charge on any atom is -0.491 e. The van der Waals surface area contributed by atoms with Gasteiger partial charge in [-0.25, -0.2) is 9.97 Å². The Kier molecular flexibility index (Phi) is 7.59. The molecule has 0 amide bonds. The van der Waals surface area contributed by atoms with Crippen molar-refractivity contribution in [3.8, 4) is 5.75 Å². The van der Waals surface area contributed by atoms with Gasteiger partial charge in [-0.15, -0.1) is 0 Å². The Hall–Kier alpha value is -2.22. The summed E-state index contributed by atoms with van der Waals surface area (Å²) in [5.41, 5.74) is 1.27. The summed E-state index contributed by atoms with van der Waals surface area (Å²) < 4.78 is 5.69. The van der Waals surface area contributed by atoms with Crippen LogP contribution in [0.3, 0.4) is 0 Å². The molecule has 0 bridgehead atoms. The summed E-state index contributed by atoms with van der Waals surface area (Å²) >= 11 is 0. The standard InChI is InChI=1S/C21H31N5O2/c1-24(2)16-19(27)17-28-20-7-5-18(6-8-20)15-25-11-4-12-26(14-13-25)21-22-9-3-10-23-21/h3,5-10,19,27H,4,11-17H2,1-2H3. The second-order valence-electron chi connectivity index (χ2n) is 7.54. The fourth-order valence-corrected chi connectivity index (χ4v) is 3.40. The lowest BCUT2D eigenvalue weighted by Gasteiger charge is -2.22. The molecule has 1 unspecified atom stereocenters. The Labute approximate surface area is 167 Å². The second kappa shape index (κ2) is 10.4. The zero-order chi connectivity index (χ0) is 19.8. The van der Waals surface area contributed by atoms with E-state index in [1.165, 1.54) is 5.56 Å². The molecule has 152 valence electrons. The smallest absolute Gasteiger partial charge is 0.225 e. The number of hydrogen-bond acceptors (Lipinski definition) is 7. The number of aliphatic hydroxyl groups excluding tert-OH is 1. The van der Waals surface area contributed by atoms with Gasteiger partial charge < -0.3 is 19.6 Å². The van der Waals surface area contributed by atoms with Gasteiger partial charge in [0.2, 0.25) is 5.95 Å². The quantitative estimate of drug-likeness (QED) is 0.739. The molecule has 3 rings (SSSR count). The van der Waals surface area contributed by atoms with Crippen LogP contribution < -0.4 is 9.64 Å². The van der Waals surface area contributed by atoms with Crippen molar-refractivity contribution in [2.24, 2.45) is 0 Å². The number of hydrogen-bond donors (Lipinski definition) is 1. The number of aromatic nitrogens is 2. The lowest BCUT2D eigenvalue weighted by molar-refractivity contribution is 0.0831. The molecule has 1 atom stereocenters. The summed E-state index contributed by atoms with van der Waals surface area (Å²) in [6, 6.07) is 10.0. The molecule has 7 heteroatoms. The summed E-state index contributed by atoms with van der Waals surface area (Å²) in [6.45, 7) is 5.81. The van der Waals surface area contributed by atoms with Crippen molar-refractivity contribution in [1.82, 2.24) is 19.8 Å². The predicted molar refractivity (Wildman–Crippen MR) is 111 cm³/mol. The minimum absolute atomic E-state index is 0.307. The lowest BCUT2D eigenvalue weighted by Crippen LogP contribution is -2.31. The zero-order valence-electron chi connectivity index (χ0n) is 16.9. The van der Waals surface area contributed by atoms with Crippen LogP contribution in [-0.2, 0) is 6.54 Å². The molecular weight excluding hydrogens is 354 g/mol. The van der Waals surface area contributed by atoms with Crippen LogP contribution in [0.2, 0.25) is 0 Å². The molecule has 28 heavy (non-hydrogen) atoms. The molecule has 0 radical (unpaired) electrons. The van der Waals surface area contributed by atoms with E-state index in [1.54, 1.807) is 12.4 Å². The van der Waals surface area contributed by atoms with Crippen LogP contribution in [0.5, 0.6) is 5.75 Å². The number of nitrogens with zero attached hydrogens (tertiary/aromatic N) is 5. The largest absolute Gasteiger partial charge is 0.491 e. The van der Waals surface area contributed by atoms with E-state index in [0.717, 1.165) is 50.8 Å². The van der Waals surface area contributed by atoms with Gasteiger partial charge in [0.05, 0.1) is 0 Å². The van der Waals surface area contributed by atoms with Crippen molar-refractivity contribution in [3.63, 3.8) is 0 Å². The fraction of sp³-hybridized carbons (Fsp3) is 0.524. The summed E-state index contributed by atoms with van der Waals surface area (Å²) in [5.74, 6) is 1.62. The van der Waals surface area contributed by atoms with E-state index in [4.69, 9.17) is 4.74 Å². The van der Waals surface area contributed by atoms with Gasteiger partial charge in [0.1, 0.15) is 18.5 Å². The van der Waals surface area contributed by atoms with Crippen molar-refractivity contribution in [2.75, 3.05) is 58.3 Å². The van der Waals surface area contributed by atoms with Crippen LogP contribution in [0.4, 0.5) is 5.95 Å². The molecule has 2 aromatic rings. The number of anilines is 1. The Morgan fingerprint density at radius 1 is 1.07 bits per heavy atom. The Morgan fingerprint density at radius 3 is 2.54 bits per heavy atom. The van der Waals surface area contributed by atoms with Gasteiger partial charge in [0.25, 0.3) is 0 Å². The molecule has 1 fully saturated rings. The van der Waals surface area contributed by atoms with Crippen molar-refractivity contribution >= 4 is 5.95 Å². The molecule has 1 aliphatic rings. The van der Waals surface area contributed by atoms with E-state index < -0.39 is 6.10 Å². The van der Waals surface area contributed by atoms with E-state index in [-0.39, 0.29) is 0 Å². The van der Waals surface area contributed by atoms with Gasteiger partial charge in [-0.3, -0.25) is 4.90 Å². The summed E-state index contributed by atoms with van der Waals surface area (Å²) in [7, 11) is 3.87. The highest BCUT2D eigenvalue weighted by Crippen LogP contribution is 2.16. The molecule has 1 aromatic heterocycles. The highest BCUT2D eigenvalue weighted by Gasteiger charge is 2.16. The lowest BCUT2D eigenvalue weighted by atomic mass is 10.2. The van der Waals surface area contributed by atoms with Gasteiger partial charge in [-0.05, 0) is 44.3 Å². The van der Waals surface area contributed by atoms with Crippen molar-refractivity contribution in [1.29, 1.82) is 0 Å². The van der Waals surface area contributed by atoms with Crippen LogP contribution in [0.15, 0.2) is 42.7 Å². The monoisotopic (exact) mass is 385 g/mol. The van der Waals surface area contributed by atoms with Gasteiger partial charge >= 0.3 is 0 Å². The maximum atomic E-state index is 9.90. The average Bonchev–Trinajstić information content (AvgIpc) is 2.93. The first kappa shape index (κ1) is 20.5. The molecule has 0 spiro atoms. The van der Waals surface area contributed by atoms with Gasteiger partial charge in [-0.2, -0.15) is 0 Å². The molecule has 1 saturated heterocycles. The maximum absolute atomic E-state index is 9.90. The van der Waals surface area contributed by atoms with Gasteiger partial charge in [0.15, 0.2) is 0 Å². The molecule has 1 N–H and O–H groups in total. The molecule has 1 aliphatic heterocycles. The van der Waals surface area contributed by atoms with Crippen LogP contribution in [-0.4, -0.2) is 84.4 Å². The van der Waals surface area contributed by atoms with Crippen LogP contribution in [0, 0.1) is 0 Å². The number of rotatable bonds is 8. The normalized spacial score (nSPS) is 16.8. The first-order chi connectivity index (χ1) is 13.6. The topological polar surface area (TPSA) is 65.0 Å². The van der Waals surface area contributed by atoms with E-state index in [0.29, 0.717) is 13.2 Å². The van der Waals surface area contributed by atoms with Crippen molar-refractivity contribution in [3.05, 3.63) is 48.3 Å². The van der Waals surface area contributed by atoms with Gasteiger partial charge in [-0.1, -0.05) is 12.1 Å². The van der Waals surface area contributed by atoms with E-state index in [9.17, 15) is 5.11 Å². The number of benzene rings is 1. The fourth-order valence-electron chi connectivity index (χ4n) is 3.40. The molecule has 2 heterocycles. The minimum atomic E-state index is -0.483. The van der Waals surface area contributed by atoms with E-state index >= 15 is 0 Å². The molecule has 0 aliphatic carbocycles. The first-order valence-corrected chi connectivity index (χ1v) is 9.89. The molecular formula is C21H31N5O2. The predicted octanol–water partition coefficient (Wildman–Crippen LogP) is 1.49. The number of aliphatic hydroxyl groups is 1. The average molecular weight is 386 g/mol. The molecule has 7 nitrogen and oxygen atoms in total. The third-order valence-electron chi connectivity index (χ3n) is 4.77. The number of likely N-dealkylation sites (N-methyl/N-ethyl adjacent to an activating group) is 1. The number of ether oxygens (including phenoxy) is 1. The van der Waals surface area contributed by atoms with Crippen LogP contribution in [0.25, 0.3) is 0 Å². The zero-order valence-corrected chi connectivity index (χ0v) is 16.9. The van der Waals surface area contributed by atoms with Crippen LogP contribution in [0.1, 0.15) is 12.0 Å². The third kappa shape index (κ3) is 6.44. The maximum Gasteiger partial charge on any atom is 0.225 e. The molecule has 0 saturated carbocycles. The Balaban J connectivity index is 1.46. The van der Waals surface area contributed by atoms with Crippen molar-refractivity contribution in [2.45, 2.75) is 19.1 Å². The third-order valence-corrected chi connectivity index (χ3v) is 4.77. The molecule has 1 aromatic carbocycles. The Bertz CT molecular complexity index is 696.